The highest BCUT2D eigenvalue weighted by Gasteiger charge is 2.28. The lowest BCUT2D eigenvalue weighted by Crippen LogP contribution is -2.33. The Kier molecular flexibility index (Phi) is 5.41. The molecule has 0 spiro atoms. The molecule has 2 rings (SSSR count). The Bertz CT molecular complexity index is 539. The van der Waals surface area contributed by atoms with Crippen LogP contribution in [0.3, 0.4) is 0 Å². The van der Waals surface area contributed by atoms with Crippen LogP contribution in [0.1, 0.15) is 34.1 Å². The highest BCUT2D eigenvalue weighted by Crippen LogP contribution is 2.13. The monoisotopic (exact) mass is 282 g/mol. The molecule has 3 heteroatoms. The van der Waals surface area contributed by atoms with Crippen molar-refractivity contribution in [2.24, 2.45) is 0 Å². The van der Waals surface area contributed by atoms with Crippen LogP contribution in [-0.2, 0) is 4.74 Å². The first kappa shape index (κ1) is 15.1. The van der Waals surface area contributed by atoms with E-state index in [9.17, 15) is 9.59 Å². The number of carbonyl (C=O) groups excluding carboxylic acids is 2. The van der Waals surface area contributed by atoms with Crippen molar-refractivity contribution >= 4 is 11.6 Å². The summed E-state index contributed by atoms with van der Waals surface area (Å²) in [5.41, 5.74) is 0.978. The van der Waals surface area contributed by atoms with Gasteiger partial charge in [-0.15, -0.1) is 0 Å². The van der Waals surface area contributed by atoms with E-state index in [0.717, 1.165) is 6.42 Å². The molecule has 0 heterocycles. The standard InChI is InChI=1S/C18H18O3/c1-2-13-21-18(16(19)14-9-5-3-6-10-14)17(20)15-11-7-4-8-12-15/h3-12,18H,2,13H2,1H3. The fourth-order valence-corrected chi connectivity index (χ4v) is 2.01. The van der Waals surface area contributed by atoms with Crippen molar-refractivity contribution in [1.82, 2.24) is 0 Å². The predicted octanol–water partition coefficient (Wildman–Crippen LogP) is 3.55. The van der Waals surface area contributed by atoms with E-state index in [1.807, 2.05) is 19.1 Å². The van der Waals surface area contributed by atoms with Crippen LogP contribution < -0.4 is 0 Å². The van der Waals surface area contributed by atoms with E-state index in [2.05, 4.69) is 0 Å². The van der Waals surface area contributed by atoms with Crippen molar-refractivity contribution in [3.63, 3.8) is 0 Å². The highest BCUT2D eigenvalue weighted by molar-refractivity contribution is 6.18. The Morgan fingerprint density at radius 3 is 1.67 bits per heavy atom. The van der Waals surface area contributed by atoms with Crippen molar-refractivity contribution in [3.05, 3.63) is 71.8 Å². The van der Waals surface area contributed by atoms with Crippen LogP contribution in [0.25, 0.3) is 0 Å². The summed E-state index contributed by atoms with van der Waals surface area (Å²) in [5, 5.41) is 0. The van der Waals surface area contributed by atoms with E-state index in [1.54, 1.807) is 48.5 Å². The summed E-state index contributed by atoms with van der Waals surface area (Å²) < 4.78 is 5.52. The van der Waals surface area contributed by atoms with Crippen molar-refractivity contribution in [2.75, 3.05) is 6.61 Å². The van der Waals surface area contributed by atoms with Gasteiger partial charge in [0.15, 0.2) is 17.7 Å². The first-order valence-corrected chi connectivity index (χ1v) is 7.04. The molecule has 0 aliphatic heterocycles. The molecule has 2 aromatic carbocycles. The van der Waals surface area contributed by atoms with Gasteiger partial charge in [0.1, 0.15) is 0 Å². The lowest BCUT2D eigenvalue weighted by atomic mass is 9.98. The van der Waals surface area contributed by atoms with Gasteiger partial charge in [-0.1, -0.05) is 67.6 Å². The maximum Gasteiger partial charge on any atom is 0.199 e. The maximum absolute atomic E-state index is 12.5. The van der Waals surface area contributed by atoms with E-state index in [-0.39, 0.29) is 11.6 Å². The molecule has 0 saturated heterocycles. The molecule has 0 saturated carbocycles. The van der Waals surface area contributed by atoms with Gasteiger partial charge in [0.2, 0.25) is 0 Å². The number of ether oxygens (including phenoxy) is 1. The number of hydrogen-bond donors (Lipinski definition) is 0. The fourth-order valence-electron chi connectivity index (χ4n) is 2.01. The molecule has 0 amide bonds. The maximum atomic E-state index is 12.5. The molecule has 0 N–H and O–H groups in total. The third-order valence-corrected chi connectivity index (χ3v) is 3.08. The molecule has 0 radical (unpaired) electrons. The van der Waals surface area contributed by atoms with Gasteiger partial charge in [-0.2, -0.15) is 0 Å². The molecule has 108 valence electrons. The van der Waals surface area contributed by atoms with Gasteiger partial charge in [-0.3, -0.25) is 9.59 Å². The van der Waals surface area contributed by atoms with Crippen molar-refractivity contribution < 1.29 is 14.3 Å². The van der Waals surface area contributed by atoms with E-state index >= 15 is 0 Å². The molecule has 0 unspecified atom stereocenters. The lowest BCUT2D eigenvalue weighted by molar-refractivity contribution is 0.0370. The van der Waals surface area contributed by atoms with Gasteiger partial charge in [-0.25, -0.2) is 0 Å². The summed E-state index contributed by atoms with van der Waals surface area (Å²) in [5.74, 6) is -0.587. The molecule has 0 aliphatic carbocycles. The molecular weight excluding hydrogens is 264 g/mol. The second-order valence-corrected chi connectivity index (χ2v) is 4.71. The quantitative estimate of drug-likeness (QED) is 0.576. The zero-order valence-electron chi connectivity index (χ0n) is 12.0. The number of carbonyl (C=O) groups is 2. The SMILES string of the molecule is CCCOC(C(=O)c1ccccc1)C(=O)c1ccccc1. The zero-order valence-corrected chi connectivity index (χ0v) is 12.0. The summed E-state index contributed by atoms with van der Waals surface area (Å²) in [6.07, 6.45) is -0.324. The van der Waals surface area contributed by atoms with Crippen LogP contribution in [0, 0.1) is 0 Å². The summed E-state index contributed by atoms with van der Waals surface area (Å²) in [6.45, 7) is 2.32. The van der Waals surface area contributed by atoms with Gasteiger partial charge in [-0.05, 0) is 6.42 Å². The number of ketones is 2. The molecule has 0 fully saturated rings. The van der Waals surface area contributed by atoms with Gasteiger partial charge in [0.05, 0.1) is 0 Å². The van der Waals surface area contributed by atoms with Gasteiger partial charge >= 0.3 is 0 Å². The number of rotatable bonds is 7. The summed E-state index contributed by atoms with van der Waals surface area (Å²) in [4.78, 5) is 25.0. The van der Waals surface area contributed by atoms with Gasteiger partial charge in [0, 0.05) is 17.7 Å². The minimum Gasteiger partial charge on any atom is -0.362 e. The number of benzene rings is 2. The van der Waals surface area contributed by atoms with Crippen LogP contribution >= 0.6 is 0 Å². The topological polar surface area (TPSA) is 43.4 Å². The molecule has 0 atom stereocenters. The Morgan fingerprint density at radius 2 is 1.29 bits per heavy atom. The summed E-state index contributed by atoms with van der Waals surface area (Å²) in [7, 11) is 0. The Morgan fingerprint density at radius 1 is 0.857 bits per heavy atom. The van der Waals surface area contributed by atoms with Crippen LogP contribution in [0.15, 0.2) is 60.7 Å². The van der Waals surface area contributed by atoms with Crippen molar-refractivity contribution in [1.29, 1.82) is 0 Å². The normalized spacial score (nSPS) is 10.6. The van der Waals surface area contributed by atoms with Crippen molar-refractivity contribution in [2.45, 2.75) is 19.4 Å². The minimum atomic E-state index is -1.07. The van der Waals surface area contributed by atoms with Crippen LogP contribution in [0.4, 0.5) is 0 Å². The predicted molar refractivity (Wildman–Crippen MR) is 81.6 cm³/mol. The van der Waals surface area contributed by atoms with Crippen LogP contribution in [-0.4, -0.2) is 24.3 Å². The second kappa shape index (κ2) is 7.50. The van der Waals surface area contributed by atoms with E-state index < -0.39 is 6.10 Å². The average molecular weight is 282 g/mol. The molecule has 21 heavy (non-hydrogen) atoms. The van der Waals surface area contributed by atoms with E-state index in [0.29, 0.717) is 17.7 Å². The second-order valence-electron chi connectivity index (χ2n) is 4.71. The van der Waals surface area contributed by atoms with Crippen LogP contribution in [0.5, 0.6) is 0 Å². The minimum absolute atomic E-state index is 0.294. The Balaban J connectivity index is 2.26. The van der Waals surface area contributed by atoms with E-state index in [4.69, 9.17) is 4.74 Å². The van der Waals surface area contributed by atoms with Crippen molar-refractivity contribution in [3.8, 4) is 0 Å². The third-order valence-electron chi connectivity index (χ3n) is 3.08. The molecule has 3 nitrogen and oxygen atoms in total. The van der Waals surface area contributed by atoms with Gasteiger partial charge < -0.3 is 4.74 Å². The van der Waals surface area contributed by atoms with Crippen LogP contribution in [0.2, 0.25) is 0 Å². The molecule has 0 aliphatic rings. The molecule has 0 bridgehead atoms. The first-order valence-electron chi connectivity index (χ1n) is 7.04. The fraction of sp³-hybridized carbons (Fsp3) is 0.222. The first-order chi connectivity index (χ1) is 10.2. The molecule has 2 aromatic rings. The summed E-state index contributed by atoms with van der Waals surface area (Å²) in [6, 6.07) is 17.6. The third kappa shape index (κ3) is 3.86. The largest absolute Gasteiger partial charge is 0.362 e. The smallest absolute Gasteiger partial charge is 0.199 e. The highest BCUT2D eigenvalue weighted by atomic mass is 16.5. The number of hydrogen-bond acceptors (Lipinski definition) is 3. The average Bonchev–Trinajstić information content (AvgIpc) is 2.56. The molecular formula is C18H18O3. The number of Topliss-reactive ketones (excluding diaryl/α,β-unsaturated/α-hetero) is 2. The van der Waals surface area contributed by atoms with E-state index in [1.165, 1.54) is 0 Å². The van der Waals surface area contributed by atoms with Gasteiger partial charge in [0.25, 0.3) is 0 Å². The lowest BCUT2D eigenvalue weighted by Gasteiger charge is -2.15. The summed E-state index contributed by atoms with van der Waals surface area (Å²) >= 11 is 0. The Hall–Kier alpha value is -2.26. The Labute approximate surface area is 124 Å². The molecule has 0 aromatic heterocycles. The zero-order chi connectivity index (χ0) is 15.1.